The van der Waals surface area contributed by atoms with Crippen LogP contribution in [0.2, 0.25) is 0 Å². The molecule has 0 N–H and O–H groups in total. The molecule has 21 heavy (non-hydrogen) atoms. The third-order valence-corrected chi connectivity index (χ3v) is 4.49. The molecule has 0 unspecified atom stereocenters. The fraction of sp³-hybridized carbons (Fsp3) is 0.286. The second-order valence-corrected chi connectivity index (χ2v) is 6.58. The molecule has 0 bridgehead atoms. The molecule has 2 aromatic heterocycles. The Morgan fingerprint density at radius 1 is 1.38 bits per heavy atom. The molecule has 3 aromatic rings. The first kappa shape index (κ1) is 14.5. The van der Waals surface area contributed by atoms with E-state index >= 15 is 0 Å². The largest absolute Gasteiger partial charge is 0.856 e. The summed E-state index contributed by atoms with van der Waals surface area (Å²) in [7, 11) is 0. The minimum absolute atomic E-state index is 0.269. The average molecular weight is 365 g/mol. The average Bonchev–Trinajstić information content (AvgIpc) is 2.46. The van der Waals surface area contributed by atoms with Gasteiger partial charge in [-0.15, -0.1) is 0 Å². The van der Waals surface area contributed by atoms with Crippen LogP contribution in [0.3, 0.4) is 0 Å². The summed E-state index contributed by atoms with van der Waals surface area (Å²) in [5, 5.41) is 18.0. The fourth-order valence-electron chi connectivity index (χ4n) is 2.02. The van der Waals surface area contributed by atoms with Crippen LogP contribution < -0.4 is 9.62 Å². The van der Waals surface area contributed by atoms with Gasteiger partial charge in [0.05, 0.1) is 5.39 Å². The Kier molecular flexibility index (Phi) is 4.21. The Hall–Kier alpha value is -1.47. The maximum atomic E-state index is 12.3. The summed E-state index contributed by atoms with van der Waals surface area (Å²) in [6.45, 7) is 2.13. The van der Waals surface area contributed by atoms with Crippen molar-refractivity contribution in [1.29, 1.82) is 0 Å². The number of hydrogen-bond donors (Lipinski definition) is 0. The minimum Gasteiger partial charge on any atom is -0.856 e. The van der Waals surface area contributed by atoms with E-state index < -0.39 is 0 Å². The van der Waals surface area contributed by atoms with Gasteiger partial charge in [0, 0.05) is 16.1 Å². The van der Waals surface area contributed by atoms with Crippen molar-refractivity contribution in [3.8, 4) is 5.88 Å². The van der Waals surface area contributed by atoms with Gasteiger partial charge < -0.3 is 5.11 Å². The lowest BCUT2D eigenvalue weighted by Crippen LogP contribution is -2.30. The smallest absolute Gasteiger partial charge is 0.312 e. The molecule has 0 aliphatic rings. The minimum atomic E-state index is -0.269. The predicted octanol–water partition coefficient (Wildman–Crippen LogP) is 2.49. The predicted molar refractivity (Wildman–Crippen MR) is 83.3 cm³/mol. The van der Waals surface area contributed by atoms with Gasteiger partial charge in [-0.3, -0.25) is 0 Å². The zero-order valence-electron chi connectivity index (χ0n) is 11.4. The molecule has 0 fully saturated rings. The van der Waals surface area contributed by atoms with Crippen molar-refractivity contribution in [3.63, 3.8) is 0 Å². The second kappa shape index (κ2) is 6.11. The highest BCUT2D eigenvalue weighted by Crippen LogP contribution is 2.24. The Balaban J connectivity index is 2.14. The number of hydrogen-bond acceptors (Lipinski definition) is 5. The SMILES string of the molecule is CCCCSc1nc([O-])c2c3cc(Br)ccc3nc[n+]2n1. The van der Waals surface area contributed by atoms with Crippen LogP contribution in [-0.4, -0.2) is 20.8 Å². The molecule has 0 amide bonds. The summed E-state index contributed by atoms with van der Waals surface area (Å²) >= 11 is 4.92. The maximum Gasteiger partial charge on any atom is 0.312 e. The molecule has 0 atom stereocenters. The van der Waals surface area contributed by atoms with Crippen molar-refractivity contribution < 1.29 is 9.62 Å². The lowest BCUT2D eigenvalue weighted by molar-refractivity contribution is -0.591. The van der Waals surface area contributed by atoms with Crippen molar-refractivity contribution in [2.75, 3.05) is 5.75 Å². The van der Waals surface area contributed by atoms with Crippen LogP contribution in [0, 0.1) is 0 Å². The van der Waals surface area contributed by atoms with Gasteiger partial charge in [0.15, 0.2) is 11.0 Å². The van der Waals surface area contributed by atoms with E-state index in [1.807, 2.05) is 18.2 Å². The van der Waals surface area contributed by atoms with Crippen molar-refractivity contribution in [2.45, 2.75) is 24.9 Å². The van der Waals surface area contributed by atoms with Crippen LogP contribution in [0.15, 0.2) is 34.2 Å². The number of benzene rings is 1. The van der Waals surface area contributed by atoms with Gasteiger partial charge in [-0.25, -0.2) is 4.98 Å². The summed E-state index contributed by atoms with van der Waals surface area (Å²) in [5.74, 6) is 0.642. The Morgan fingerprint density at radius 2 is 2.24 bits per heavy atom. The van der Waals surface area contributed by atoms with E-state index in [0.29, 0.717) is 10.7 Å². The molecule has 0 saturated carbocycles. The van der Waals surface area contributed by atoms with Crippen molar-refractivity contribution in [1.82, 2.24) is 15.1 Å². The molecule has 0 saturated heterocycles. The first-order chi connectivity index (χ1) is 10.2. The number of thioether (sulfide) groups is 1. The first-order valence-corrected chi connectivity index (χ1v) is 8.44. The molecular weight excluding hydrogens is 352 g/mol. The van der Waals surface area contributed by atoms with E-state index in [-0.39, 0.29) is 5.88 Å². The quantitative estimate of drug-likeness (QED) is 0.308. The molecule has 3 rings (SSSR count). The van der Waals surface area contributed by atoms with Crippen LogP contribution in [0.4, 0.5) is 0 Å². The van der Waals surface area contributed by atoms with Gasteiger partial charge in [-0.05, 0) is 29.6 Å². The van der Waals surface area contributed by atoms with Gasteiger partial charge in [-0.2, -0.15) is 0 Å². The summed E-state index contributed by atoms with van der Waals surface area (Å²) < 4.78 is 2.42. The Morgan fingerprint density at radius 3 is 3.05 bits per heavy atom. The van der Waals surface area contributed by atoms with Crippen molar-refractivity contribution in [3.05, 3.63) is 29.0 Å². The van der Waals surface area contributed by atoms with Crippen molar-refractivity contribution in [2.24, 2.45) is 0 Å². The highest BCUT2D eigenvalue weighted by atomic mass is 79.9. The second-order valence-electron chi connectivity index (χ2n) is 4.60. The van der Waals surface area contributed by atoms with Crippen LogP contribution in [0.5, 0.6) is 5.88 Å². The van der Waals surface area contributed by atoms with Crippen LogP contribution in [-0.2, 0) is 0 Å². The zero-order valence-corrected chi connectivity index (χ0v) is 13.8. The Labute approximate surface area is 134 Å². The third kappa shape index (κ3) is 2.94. The molecule has 0 aliphatic carbocycles. The van der Waals surface area contributed by atoms with Crippen molar-refractivity contribution >= 4 is 44.1 Å². The van der Waals surface area contributed by atoms with E-state index in [1.54, 1.807) is 6.33 Å². The van der Waals surface area contributed by atoms with Gasteiger partial charge in [0.25, 0.3) is 0 Å². The van der Waals surface area contributed by atoms with Gasteiger partial charge in [0.2, 0.25) is 5.16 Å². The van der Waals surface area contributed by atoms with Gasteiger partial charge in [-0.1, -0.05) is 50.7 Å². The lowest BCUT2D eigenvalue weighted by Gasteiger charge is -2.08. The van der Waals surface area contributed by atoms with E-state index in [4.69, 9.17) is 0 Å². The van der Waals surface area contributed by atoms with E-state index in [1.165, 1.54) is 16.3 Å². The highest BCUT2D eigenvalue weighted by Gasteiger charge is 2.13. The molecule has 0 spiro atoms. The summed E-state index contributed by atoms with van der Waals surface area (Å²) in [6, 6.07) is 5.63. The third-order valence-electron chi connectivity index (χ3n) is 3.07. The van der Waals surface area contributed by atoms with E-state index in [2.05, 4.69) is 37.9 Å². The number of rotatable bonds is 4. The monoisotopic (exact) mass is 364 g/mol. The van der Waals surface area contributed by atoms with Crippen LogP contribution >= 0.6 is 27.7 Å². The lowest BCUT2D eigenvalue weighted by atomic mass is 10.2. The molecule has 2 heterocycles. The first-order valence-electron chi connectivity index (χ1n) is 6.67. The standard InChI is InChI=1S/C14H13BrN4OS/c1-2-3-6-21-14-17-13(20)12-10-7-9(15)4-5-11(10)16-8-19(12)18-14/h4-5,7-8H,2-3,6H2,1H3. The molecule has 1 aromatic carbocycles. The van der Waals surface area contributed by atoms with E-state index in [9.17, 15) is 5.11 Å². The van der Waals surface area contributed by atoms with E-state index in [0.717, 1.165) is 34.0 Å². The summed E-state index contributed by atoms with van der Waals surface area (Å²) in [6.07, 6.45) is 3.75. The summed E-state index contributed by atoms with van der Waals surface area (Å²) in [4.78, 5) is 8.42. The fourth-order valence-corrected chi connectivity index (χ4v) is 3.29. The number of halogens is 1. The molecule has 108 valence electrons. The molecule has 7 heteroatoms. The number of unbranched alkanes of at least 4 members (excludes halogenated alkanes) is 1. The zero-order chi connectivity index (χ0) is 14.8. The maximum absolute atomic E-state index is 12.3. The van der Waals surface area contributed by atoms with Crippen LogP contribution in [0.25, 0.3) is 16.4 Å². The van der Waals surface area contributed by atoms with Crippen LogP contribution in [0.1, 0.15) is 19.8 Å². The molecule has 0 aliphatic heterocycles. The number of fused-ring (bicyclic) bond motifs is 3. The highest BCUT2D eigenvalue weighted by molar-refractivity contribution is 9.10. The van der Waals surface area contributed by atoms with Gasteiger partial charge >= 0.3 is 6.33 Å². The molecule has 0 radical (unpaired) electrons. The summed E-state index contributed by atoms with van der Waals surface area (Å²) in [5.41, 5.74) is 1.21. The normalized spacial score (nSPS) is 11.3. The topological polar surface area (TPSA) is 65.8 Å². The molecule has 5 nitrogen and oxygen atoms in total. The molecular formula is C14H13BrN4OS. The van der Waals surface area contributed by atoms with Gasteiger partial charge in [0.1, 0.15) is 0 Å². The Bertz CT molecular complexity index is 812. The number of aromatic nitrogens is 4. The number of nitrogens with zero attached hydrogens (tertiary/aromatic N) is 4.